The van der Waals surface area contributed by atoms with Crippen LogP contribution in [-0.4, -0.2) is 12.2 Å². The highest BCUT2D eigenvalue weighted by molar-refractivity contribution is 8.15. The molecule has 0 unspecified atom stereocenters. The van der Waals surface area contributed by atoms with Crippen molar-refractivity contribution in [1.82, 2.24) is 0 Å². The van der Waals surface area contributed by atoms with Gasteiger partial charge in [0.05, 0.1) is 4.24 Å². The maximum absolute atomic E-state index is 12.6. The molecule has 0 saturated carbocycles. The molecule has 0 aromatic heterocycles. The number of nitrogens with one attached hydrogen (secondary N) is 1. The summed E-state index contributed by atoms with van der Waals surface area (Å²) < 4.78 is 13.0. The van der Waals surface area contributed by atoms with Crippen molar-refractivity contribution in [2.45, 2.75) is 0 Å². The van der Waals surface area contributed by atoms with Gasteiger partial charge in [-0.05, 0) is 30.5 Å². The minimum absolute atomic E-state index is 0.0647. The molecule has 0 atom stereocenters. The van der Waals surface area contributed by atoms with Gasteiger partial charge in [-0.1, -0.05) is 0 Å². The van der Waals surface area contributed by atoms with Gasteiger partial charge in [-0.3, -0.25) is 4.79 Å². The summed E-state index contributed by atoms with van der Waals surface area (Å²) in [6.07, 6.45) is 1.71. The molecule has 1 amide bonds. The fraction of sp³-hybridized carbons (Fsp3) is 0.0909. The van der Waals surface area contributed by atoms with Gasteiger partial charge < -0.3 is 5.32 Å². The third kappa shape index (κ3) is 3.80. The molecular formula is C11H9FN2OS2. The maximum Gasteiger partial charge on any atom is 0.268 e. The second kappa shape index (κ2) is 6.33. The lowest BCUT2D eigenvalue weighted by Gasteiger charge is -2.05. The molecule has 3 nitrogen and oxygen atoms in total. The van der Waals surface area contributed by atoms with E-state index in [2.05, 4.69) is 17.9 Å². The number of carbonyl (C=O) groups is 1. The molecule has 0 aliphatic heterocycles. The van der Waals surface area contributed by atoms with E-state index in [1.165, 1.54) is 36.0 Å². The number of hydrogen-bond acceptors (Lipinski definition) is 4. The molecule has 17 heavy (non-hydrogen) atoms. The third-order valence-corrected chi connectivity index (χ3v) is 3.21. The van der Waals surface area contributed by atoms with Gasteiger partial charge >= 0.3 is 0 Å². The molecule has 0 aliphatic carbocycles. The molecule has 0 spiro atoms. The summed E-state index contributed by atoms with van der Waals surface area (Å²) in [5, 5.41) is 11.3. The van der Waals surface area contributed by atoms with E-state index < -0.39 is 11.7 Å². The van der Waals surface area contributed by atoms with Gasteiger partial charge in [0, 0.05) is 5.69 Å². The Balaban J connectivity index is 2.86. The van der Waals surface area contributed by atoms with Crippen LogP contribution in [0.4, 0.5) is 10.1 Å². The molecule has 1 N–H and O–H groups in total. The van der Waals surface area contributed by atoms with Gasteiger partial charge in [-0.2, -0.15) is 5.26 Å². The van der Waals surface area contributed by atoms with Crippen LogP contribution in [0.2, 0.25) is 0 Å². The van der Waals surface area contributed by atoms with E-state index in [9.17, 15) is 9.18 Å². The topological polar surface area (TPSA) is 52.9 Å². The second-order valence-corrected chi connectivity index (χ2v) is 4.52. The van der Waals surface area contributed by atoms with E-state index in [4.69, 9.17) is 5.26 Å². The molecule has 0 aliphatic rings. The fourth-order valence-corrected chi connectivity index (χ4v) is 1.52. The van der Waals surface area contributed by atoms with Crippen LogP contribution in [0.5, 0.6) is 0 Å². The van der Waals surface area contributed by atoms with Crippen LogP contribution < -0.4 is 5.32 Å². The molecule has 1 rings (SSSR count). The number of nitriles is 1. The number of rotatable bonds is 3. The summed E-state index contributed by atoms with van der Waals surface area (Å²) in [7, 11) is 0. The Morgan fingerprint density at radius 1 is 1.47 bits per heavy atom. The van der Waals surface area contributed by atoms with Crippen LogP contribution in [0.1, 0.15) is 0 Å². The minimum Gasteiger partial charge on any atom is -0.321 e. The highest BCUT2D eigenvalue weighted by atomic mass is 32.2. The number of thiol groups is 1. The Bertz CT molecular complexity index is 491. The highest BCUT2D eigenvalue weighted by Crippen LogP contribution is 2.21. The van der Waals surface area contributed by atoms with Crippen LogP contribution >= 0.6 is 24.4 Å². The normalized spacial score (nSPS) is 11.4. The highest BCUT2D eigenvalue weighted by Gasteiger charge is 2.13. The van der Waals surface area contributed by atoms with Crippen molar-refractivity contribution in [2.75, 3.05) is 11.6 Å². The summed E-state index contributed by atoms with van der Waals surface area (Å²) in [5.41, 5.74) is 0.358. The van der Waals surface area contributed by atoms with Gasteiger partial charge in [0.15, 0.2) is 0 Å². The monoisotopic (exact) mass is 268 g/mol. The Morgan fingerprint density at radius 2 is 2.06 bits per heavy atom. The SMILES string of the molecule is CS/C(S)=C(\C#N)C(=O)Nc1ccc(F)cc1. The van der Waals surface area contributed by atoms with Crippen molar-refractivity contribution in [3.8, 4) is 6.07 Å². The van der Waals surface area contributed by atoms with Crippen LogP contribution in [0.3, 0.4) is 0 Å². The summed E-state index contributed by atoms with van der Waals surface area (Å²) in [4.78, 5) is 11.7. The van der Waals surface area contributed by atoms with E-state index in [-0.39, 0.29) is 5.57 Å². The van der Waals surface area contributed by atoms with Crippen LogP contribution in [0, 0.1) is 17.1 Å². The Hall–Kier alpha value is -1.45. The van der Waals surface area contributed by atoms with Gasteiger partial charge in [0.2, 0.25) is 0 Å². The van der Waals surface area contributed by atoms with Crippen molar-refractivity contribution in [2.24, 2.45) is 0 Å². The number of hydrogen-bond donors (Lipinski definition) is 2. The first-order valence-electron chi connectivity index (χ1n) is 4.52. The number of amides is 1. The number of carbonyl (C=O) groups excluding carboxylic acids is 1. The lowest BCUT2D eigenvalue weighted by molar-refractivity contribution is -0.112. The summed E-state index contributed by atoms with van der Waals surface area (Å²) in [6, 6.07) is 7.06. The van der Waals surface area contributed by atoms with Crippen LogP contribution in [-0.2, 0) is 4.79 Å². The van der Waals surface area contributed by atoms with Crippen molar-refractivity contribution in [1.29, 1.82) is 5.26 Å². The third-order valence-electron chi connectivity index (χ3n) is 1.85. The molecular weight excluding hydrogens is 259 g/mol. The summed E-state index contributed by atoms with van der Waals surface area (Å²) >= 11 is 5.23. The fourth-order valence-electron chi connectivity index (χ4n) is 1.02. The number of halogens is 1. The minimum atomic E-state index is -0.557. The van der Waals surface area contributed by atoms with Gasteiger partial charge in [-0.25, -0.2) is 4.39 Å². The summed E-state index contributed by atoms with van der Waals surface area (Å²) in [5.74, 6) is -0.948. The molecule has 0 radical (unpaired) electrons. The number of benzene rings is 1. The van der Waals surface area contributed by atoms with E-state index in [1.807, 2.05) is 0 Å². The predicted molar refractivity (Wildman–Crippen MR) is 70.2 cm³/mol. The zero-order chi connectivity index (χ0) is 12.8. The first-order valence-corrected chi connectivity index (χ1v) is 6.20. The smallest absolute Gasteiger partial charge is 0.268 e. The molecule has 0 saturated heterocycles. The summed E-state index contributed by atoms with van der Waals surface area (Å²) in [6.45, 7) is 0. The van der Waals surface area contributed by atoms with E-state index >= 15 is 0 Å². The zero-order valence-corrected chi connectivity index (χ0v) is 10.6. The molecule has 0 bridgehead atoms. The van der Waals surface area contributed by atoms with Gasteiger partial charge in [0.25, 0.3) is 5.91 Å². The van der Waals surface area contributed by atoms with Crippen molar-refractivity contribution in [3.63, 3.8) is 0 Å². The lowest BCUT2D eigenvalue weighted by Crippen LogP contribution is -2.14. The predicted octanol–water partition coefficient (Wildman–Crippen LogP) is 2.79. The van der Waals surface area contributed by atoms with E-state index in [1.54, 1.807) is 12.3 Å². The van der Waals surface area contributed by atoms with E-state index in [0.29, 0.717) is 9.92 Å². The van der Waals surface area contributed by atoms with Crippen molar-refractivity contribution in [3.05, 3.63) is 39.9 Å². The molecule has 1 aromatic rings. The van der Waals surface area contributed by atoms with Gasteiger partial charge in [-0.15, -0.1) is 24.4 Å². The Morgan fingerprint density at radius 3 is 2.53 bits per heavy atom. The first-order chi connectivity index (χ1) is 8.08. The average molecular weight is 268 g/mol. The van der Waals surface area contributed by atoms with Crippen molar-refractivity contribution >= 4 is 36.0 Å². The van der Waals surface area contributed by atoms with Crippen LogP contribution in [0.15, 0.2) is 34.1 Å². The maximum atomic E-state index is 12.6. The average Bonchev–Trinajstić information content (AvgIpc) is 2.32. The quantitative estimate of drug-likeness (QED) is 0.503. The lowest BCUT2D eigenvalue weighted by atomic mass is 10.2. The zero-order valence-electron chi connectivity index (χ0n) is 8.90. The molecule has 0 heterocycles. The molecule has 6 heteroatoms. The largest absolute Gasteiger partial charge is 0.321 e. The molecule has 0 fully saturated rings. The van der Waals surface area contributed by atoms with E-state index in [0.717, 1.165) is 0 Å². The molecule has 88 valence electrons. The van der Waals surface area contributed by atoms with Gasteiger partial charge in [0.1, 0.15) is 17.5 Å². The Kier molecular flexibility index (Phi) is 5.07. The Labute approximate surface area is 108 Å². The number of nitrogens with zero attached hydrogens (tertiary/aromatic N) is 1. The van der Waals surface area contributed by atoms with Crippen LogP contribution in [0.25, 0.3) is 0 Å². The van der Waals surface area contributed by atoms with Crippen molar-refractivity contribution < 1.29 is 9.18 Å². The standard InChI is InChI=1S/C11H9FN2OS2/c1-17-11(16)9(6-13)10(15)14-8-4-2-7(12)3-5-8/h2-5,16H,1H3,(H,14,15)/b11-9+. The number of anilines is 1. The number of thioether (sulfide) groups is 1. The molecule has 1 aromatic carbocycles. The second-order valence-electron chi connectivity index (χ2n) is 2.96. The first kappa shape index (κ1) is 13.6.